The second-order valence-electron chi connectivity index (χ2n) is 5.28. The zero-order valence-corrected chi connectivity index (χ0v) is 13.4. The SMILES string of the molecule is COC(=O)C1=C(C)N(Cc2cccnc2)C(=O)/C1=C\c1ccco1. The molecule has 2 aromatic heterocycles. The summed E-state index contributed by atoms with van der Waals surface area (Å²) in [5.74, 6) is -0.323. The molecule has 6 heteroatoms. The summed E-state index contributed by atoms with van der Waals surface area (Å²) < 4.78 is 10.1. The van der Waals surface area contributed by atoms with E-state index in [1.54, 1.807) is 43.6 Å². The molecule has 0 spiro atoms. The van der Waals surface area contributed by atoms with Crippen LogP contribution in [-0.2, 0) is 20.9 Å². The lowest BCUT2D eigenvalue weighted by molar-refractivity contribution is -0.136. The van der Waals surface area contributed by atoms with Gasteiger partial charge in [-0.3, -0.25) is 9.78 Å². The van der Waals surface area contributed by atoms with Gasteiger partial charge in [0.05, 0.1) is 31.1 Å². The van der Waals surface area contributed by atoms with Crippen molar-refractivity contribution < 1.29 is 18.7 Å². The van der Waals surface area contributed by atoms with Crippen molar-refractivity contribution in [2.75, 3.05) is 7.11 Å². The van der Waals surface area contributed by atoms with Crippen LogP contribution in [0.1, 0.15) is 18.2 Å². The van der Waals surface area contributed by atoms with Gasteiger partial charge < -0.3 is 14.1 Å². The molecule has 1 aliphatic heterocycles. The Bertz CT molecular complexity index is 820. The summed E-state index contributed by atoms with van der Waals surface area (Å²) in [6.07, 6.45) is 6.42. The zero-order valence-electron chi connectivity index (χ0n) is 13.4. The van der Waals surface area contributed by atoms with E-state index in [1.807, 2.05) is 6.07 Å². The van der Waals surface area contributed by atoms with Gasteiger partial charge >= 0.3 is 5.97 Å². The first-order chi connectivity index (χ1) is 11.6. The predicted molar refractivity (Wildman–Crippen MR) is 86.2 cm³/mol. The molecule has 1 aliphatic rings. The van der Waals surface area contributed by atoms with Crippen LogP contribution in [0.15, 0.2) is 64.2 Å². The minimum Gasteiger partial charge on any atom is -0.465 e. The van der Waals surface area contributed by atoms with Crippen molar-refractivity contribution in [3.63, 3.8) is 0 Å². The second-order valence-corrected chi connectivity index (χ2v) is 5.28. The molecular formula is C18H16N2O4. The maximum absolute atomic E-state index is 12.8. The highest BCUT2D eigenvalue weighted by molar-refractivity contribution is 6.16. The number of pyridine rings is 1. The summed E-state index contributed by atoms with van der Waals surface area (Å²) >= 11 is 0. The Hall–Kier alpha value is -3.15. The highest BCUT2D eigenvalue weighted by Gasteiger charge is 2.37. The van der Waals surface area contributed by atoms with E-state index >= 15 is 0 Å². The number of aromatic nitrogens is 1. The number of hydrogen-bond acceptors (Lipinski definition) is 5. The van der Waals surface area contributed by atoms with E-state index in [-0.39, 0.29) is 17.1 Å². The first-order valence-electron chi connectivity index (χ1n) is 7.37. The van der Waals surface area contributed by atoms with Gasteiger partial charge in [-0.15, -0.1) is 0 Å². The maximum atomic E-state index is 12.8. The zero-order chi connectivity index (χ0) is 17.1. The lowest BCUT2D eigenvalue weighted by Gasteiger charge is -2.17. The van der Waals surface area contributed by atoms with Gasteiger partial charge in [0, 0.05) is 18.1 Å². The smallest absolute Gasteiger partial charge is 0.340 e. The molecule has 0 saturated carbocycles. The van der Waals surface area contributed by atoms with Crippen molar-refractivity contribution in [2.45, 2.75) is 13.5 Å². The molecule has 0 bridgehead atoms. The number of carbonyl (C=O) groups excluding carboxylic acids is 2. The number of nitrogens with zero attached hydrogens (tertiary/aromatic N) is 2. The number of methoxy groups -OCH3 is 1. The minimum atomic E-state index is -0.549. The molecule has 0 N–H and O–H groups in total. The van der Waals surface area contributed by atoms with Gasteiger partial charge in [0.25, 0.3) is 5.91 Å². The van der Waals surface area contributed by atoms with E-state index in [0.717, 1.165) is 5.56 Å². The highest BCUT2D eigenvalue weighted by atomic mass is 16.5. The molecule has 2 aromatic rings. The highest BCUT2D eigenvalue weighted by Crippen LogP contribution is 2.32. The summed E-state index contributed by atoms with van der Waals surface area (Å²) in [5.41, 5.74) is 1.93. The largest absolute Gasteiger partial charge is 0.465 e. The van der Waals surface area contributed by atoms with Gasteiger partial charge in [-0.25, -0.2) is 4.79 Å². The third kappa shape index (κ3) is 2.86. The molecule has 3 heterocycles. The Morgan fingerprint density at radius 3 is 2.83 bits per heavy atom. The lowest BCUT2D eigenvalue weighted by Crippen LogP contribution is -2.24. The van der Waals surface area contributed by atoms with Crippen LogP contribution in [-0.4, -0.2) is 28.9 Å². The van der Waals surface area contributed by atoms with Crippen LogP contribution < -0.4 is 0 Å². The monoisotopic (exact) mass is 324 g/mol. The fourth-order valence-electron chi connectivity index (χ4n) is 2.61. The summed E-state index contributed by atoms with van der Waals surface area (Å²) in [4.78, 5) is 30.6. The molecule has 0 unspecified atom stereocenters. The Kier molecular flexibility index (Phi) is 4.29. The topological polar surface area (TPSA) is 72.6 Å². The molecular weight excluding hydrogens is 308 g/mol. The quantitative estimate of drug-likeness (QED) is 0.638. The summed E-state index contributed by atoms with van der Waals surface area (Å²) in [5, 5.41) is 0. The summed E-state index contributed by atoms with van der Waals surface area (Å²) in [6, 6.07) is 7.11. The average Bonchev–Trinajstić information content (AvgIpc) is 3.18. The number of carbonyl (C=O) groups is 2. The number of amides is 1. The molecule has 0 atom stereocenters. The molecule has 0 aromatic carbocycles. The number of hydrogen-bond donors (Lipinski definition) is 0. The van der Waals surface area contributed by atoms with Crippen LogP contribution in [0.4, 0.5) is 0 Å². The van der Waals surface area contributed by atoms with Crippen LogP contribution >= 0.6 is 0 Å². The van der Waals surface area contributed by atoms with E-state index in [1.165, 1.54) is 18.3 Å². The van der Waals surface area contributed by atoms with Gasteiger partial charge in [-0.05, 0) is 36.8 Å². The number of esters is 1. The number of ether oxygens (including phenoxy) is 1. The molecule has 6 nitrogen and oxygen atoms in total. The number of furan rings is 1. The lowest BCUT2D eigenvalue weighted by atomic mass is 10.1. The number of allylic oxidation sites excluding steroid dienone is 1. The van der Waals surface area contributed by atoms with Gasteiger partial charge in [0.15, 0.2) is 0 Å². The first-order valence-corrected chi connectivity index (χ1v) is 7.37. The van der Waals surface area contributed by atoms with Crippen LogP contribution in [0.3, 0.4) is 0 Å². The average molecular weight is 324 g/mol. The molecule has 0 radical (unpaired) electrons. The summed E-state index contributed by atoms with van der Waals surface area (Å²) in [7, 11) is 1.29. The van der Waals surface area contributed by atoms with Crippen molar-refractivity contribution in [1.29, 1.82) is 0 Å². The van der Waals surface area contributed by atoms with Crippen molar-refractivity contribution in [3.8, 4) is 0 Å². The van der Waals surface area contributed by atoms with Gasteiger partial charge in [-0.1, -0.05) is 6.07 Å². The van der Waals surface area contributed by atoms with Crippen LogP contribution in [0.5, 0.6) is 0 Å². The standard InChI is InChI=1S/C18H16N2O4/c1-12-16(18(22)23-2)15(9-14-6-4-8-24-14)17(21)20(12)11-13-5-3-7-19-10-13/h3-10H,11H2,1-2H3/b15-9-. The molecule has 24 heavy (non-hydrogen) atoms. The Balaban J connectivity index is 2.01. The second kappa shape index (κ2) is 6.54. The minimum absolute atomic E-state index is 0.253. The van der Waals surface area contributed by atoms with E-state index in [4.69, 9.17) is 9.15 Å². The Labute approximate surface area is 139 Å². The van der Waals surface area contributed by atoms with E-state index < -0.39 is 5.97 Å². The van der Waals surface area contributed by atoms with Gasteiger partial charge in [0.2, 0.25) is 0 Å². The third-order valence-corrected chi connectivity index (χ3v) is 3.79. The number of rotatable bonds is 4. The van der Waals surface area contributed by atoms with Crippen molar-refractivity contribution in [3.05, 3.63) is 71.1 Å². The van der Waals surface area contributed by atoms with E-state index in [2.05, 4.69) is 4.98 Å². The van der Waals surface area contributed by atoms with Crippen molar-refractivity contribution in [1.82, 2.24) is 9.88 Å². The van der Waals surface area contributed by atoms with Crippen LogP contribution in [0.2, 0.25) is 0 Å². The van der Waals surface area contributed by atoms with Gasteiger partial charge in [-0.2, -0.15) is 0 Å². The Morgan fingerprint density at radius 2 is 2.21 bits per heavy atom. The normalized spacial score (nSPS) is 16.2. The van der Waals surface area contributed by atoms with Gasteiger partial charge in [0.1, 0.15) is 5.76 Å². The molecule has 122 valence electrons. The molecule has 0 fully saturated rings. The van der Waals surface area contributed by atoms with Crippen LogP contribution in [0, 0.1) is 0 Å². The van der Waals surface area contributed by atoms with Crippen LogP contribution in [0.25, 0.3) is 6.08 Å². The molecule has 3 rings (SSSR count). The molecule has 0 saturated heterocycles. The first kappa shape index (κ1) is 15.7. The molecule has 1 amide bonds. The third-order valence-electron chi connectivity index (χ3n) is 3.79. The van der Waals surface area contributed by atoms with E-state index in [0.29, 0.717) is 18.0 Å². The van der Waals surface area contributed by atoms with Crippen molar-refractivity contribution >= 4 is 18.0 Å². The fraction of sp³-hybridized carbons (Fsp3) is 0.167. The molecule has 0 aliphatic carbocycles. The van der Waals surface area contributed by atoms with Crippen molar-refractivity contribution in [2.24, 2.45) is 0 Å². The fourth-order valence-corrected chi connectivity index (χ4v) is 2.61. The predicted octanol–water partition coefficient (Wildman–Crippen LogP) is 2.55. The maximum Gasteiger partial charge on any atom is 0.340 e. The Morgan fingerprint density at radius 1 is 1.38 bits per heavy atom. The van der Waals surface area contributed by atoms with E-state index in [9.17, 15) is 9.59 Å². The summed E-state index contributed by atoms with van der Waals surface area (Å²) in [6.45, 7) is 2.05.